The Morgan fingerprint density at radius 2 is 2.10 bits per heavy atom. The van der Waals surface area contributed by atoms with E-state index in [-0.39, 0.29) is 11.4 Å². The van der Waals surface area contributed by atoms with E-state index in [1.54, 1.807) is 0 Å². The Kier molecular flexibility index (Phi) is 3.40. The van der Waals surface area contributed by atoms with E-state index in [4.69, 9.17) is 4.74 Å². The summed E-state index contributed by atoms with van der Waals surface area (Å²) in [6.07, 6.45) is 0.806. The Morgan fingerprint density at radius 1 is 1.60 bits per heavy atom. The Morgan fingerprint density at radius 3 is 2.40 bits per heavy atom. The first-order valence-corrected chi connectivity index (χ1v) is 3.32. The molecule has 0 rings (SSSR count). The second-order valence-corrected chi connectivity index (χ2v) is 2.63. The first kappa shape index (κ1) is 9.47. The van der Waals surface area contributed by atoms with E-state index in [1.807, 2.05) is 6.92 Å². The van der Waals surface area contributed by atoms with Gasteiger partial charge < -0.3 is 4.74 Å². The molecular formula is C8H14O2. The standard InChI is InChI=1S/C8H14O2/c1-5-8(3,4)6-10-7(2)9/h3-6H2,1-2H3. The summed E-state index contributed by atoms with van der Waals surface area (Å²) in [6, 6.07) is 0. The second-order valence-electron chi connectivity index (χ2n) is 2.63. The van der Waals surface area contributed by atoms with Gasteiger partial charge in [-0.25, -0.2) is 0 Å². The molecule has 0 N–H and O–H groups in total. The zero-order valence-corrected chi connectivity index (χ0v) is 6.64. The van der Waals surface area contributed by atoms with Gasteiger partial charge in [-0.2, -0.15) is 0 Å². The third kappa shape index (κ3) is 4.36. The van der Waals surface area contributed by atoms with Crippen LogP contribution in [0.1, 0.15) is 20.3 Å². The lowest BCUT2D eigenvalue weighted by atomic mass is 9.92. The van der Waals surface area contributed by atoms with E-state index < -0.39 is 0 Å². The molecule has 0 bridgehead atoms. The van der Waals surface area contributed by atoms with Crippen molar-refractivity contribution in [1.29, 1.82) is 0 Å². The molecule has 0 saturated heterocycles. The number of hydrogen-bond acceptors (Lipinski definition) is 2. The molecule has 2 heteroatoms. The number of carbonyl (C=O) groups is 1. The summed E-state index contributed by atoms with van der Waals surface area (Å²) in [6.45, 7) is 11.2. The summed E-state index contributed by atoms with van der Waals surface area (Å²) in [7, 11) is 0. The van der Waals surface area contributed by atoms with Gasteiger partial charge >= 0.3 is 5.97 Å². The highest BCUT2D eigenvalue weighted by Crippen LogP contribution is 2.18. The highest BCUT2D eigenvalue weighted by Gasteiger charge is 2.16. The molecule has 0 atom stereocenters. The van der Waals surface area contributed by atoms with E-state index in [0.29, 0.717) is 6.61 Å². The van der Waals surface area contributed by atoms with Crippen molar-refractivity contribution in [2.45, 2.75) is 20.3 Å². The summed E-state index contributed by atoms with van der Waals surface area (Å²) < 4.78 is 4.73. The van der Waals surface area contributed by atoms with Crippen LogP contribution in [0.5, 0.6) is 0 Å². The highest BCUT2D eigenvalue weighted by atomic mass is 16.5. The Bertz CT molecular complexity index is 116. The van der Waals surface area contributed by atoms with Crippen LogP contribution in [0.2, 0.25) is 0 Å². The Hall–Kier alpha value is -0.530. The van der Waals surface area contributed by atoms with Gasteiger partial charge in [0.25, 0.3) is 0 Å². The van der Waals surface area contributed by atoms with E-state index in [1.165, 1.54) is 6.92 Å². The van der Waals surface area contributed by atoms with Crippen LogP contribution in [0, 0.1) is 19.3 Å². The third-order valence-corrected chi connectivity index (χ3v) is 1.33. The molecule has 0 heterocycles. The maximum Gasteiger partial charge on any atom is 0.302 e. The fourth-order valence-electron chi connectivity index (χ4n) is 0.357. The van der Waals surface area contributed by atoms with Crippen LogP contribution in [0.15, 0.2) is 0 Å². The molecule has 0 unspecified atom stereocenters. The van der Waals surface area contributed by atoms with Crippen molar-refractivity contribution < 1.29 is 9.53 Å². The second kappa shape index (κ2) is 3.59. The van der Waals surface area contributed by atoms with Crippen molar-refractivity contribution in [3.63, 3.8) is 0 Å². The molecule has 0 saturated carbocycles. The molecule has 0 fully saturated rings. The van der Waals surface area contributed by atoms with Crippen LogP contribution in [-0.4, -0.2) is 12.6 Å². The largest absolute Gasteiger partial charge is 0.465 e. The van der Waals surface area contributed by atoms with Crippen molar-refractivity contribution >= 4 is 5.97 Å². The van der Waals surface area contributed by atoms with Crippen LogP contribution >= 0.6 is 0 Å². The predicted molar refractivity (Wildman–Crippen MR) is 40.1 cm³/mol. The first-order valence-electron chi connectivity index (χ1n) is 3.32. The number of carbonyl (C=O) groups excluding carboxylic acids is 1. The topological polar surface area (TPSA) is 26.3 Å². The Labute approximate surface area is 62.6 Å². The van der Waals surface area contributed by atoms with E-state index in [9.17, 15) is 4.79 Å². The molecule has 0 amide bonds. The van der Waals surface area contributed by atoms with Crippen molar-refractivity contribution in [3.8, 4) is 0 Å². The van der Waals surface area contributed by atoms with Gasteiger partial charge in [-0.3, -0.25) is 4.79 Å². The maximum absolute atomic E-state index is 10.3. The lowest BCUT2D eigenvalue weighted by Crippen LogP contribution is -2.20. The fraction of sp³-hybridized carbons (Fsp3) is 0.625. The highest BCUT2D eigenvalue weighted by molar-refractivity contribution is 5.65. The monoisotopic (exact) mass is 142 g/mol. The molecule has 0 aromatic carbocycles. The summed E-state index contributed by atoms with van der Waals surface area (Å²) in [5.41, 5.74) is -0.369. The first-order chi connectivity index (χ1) is 4.48. The number of ether oxygens (including phenoxy) is 1. The molecule has 0 aromatic heterocycles. The summed E-state index contributed by atoms with van der Waals surface area (Å²) in [5.74, 6) is -0.273. The summed E-state index contributed by atoms with van der Waals surface area (Å²) in [5, 5.41) is 0. The van der Waals surface area contributed by atoms with Crippen LogP contribution < -0.4 is 0 Å². The maximum atomic E-state index is 10.3. The average molecular weight is 142 g/mol. The van der Waals surface area contributed by atoms with Gasteiger partial charge in [0.1, 0.15) is 0 Å². The van der Waals surface area contributed by atoms with Crippen LogP contribution in [0.4, 0.5) is 0 Å². The lowest BCUT2D eigenvalue weighted by Gasteiger charge is -2.20. The molecule has 0 aliphatic carbocycles. The zero-order valence-electron chi connectivity index (χ0n) is 6.64. The lowest BCUT2D eigenvalue weighted by molar-refractivity contribution is -0.143. The van der Waals surface area contributed by atoms with Crippen molar-refractivity contribution in [2.75, 3.05) is 6.61 Å². The number of rotatable bonds is 3. The summed E-state index contributed by atoms with van der Waals surface area (Å²) in [4.78, 5) is 10.3. The fourth-order valence-corrected chi connectivity index (χ4v) is 0.357. The quantitative estimate of drug-likeness (QED) is 0.559. The van der Waals surface area contributed by atoms with E-state index in [2.05, 4.69) is 13.8 Å². The van der Waals surface area contributed by atoms with Crippen molar-refractivity contribution in [3.05, 3.63) is 13.8 Å². The smallest absolute Gasteiger partial charge is 0.302 e. The van der Waals surface area contributed by atoms with Crippen LogP contribution in [0.3, 0.4) is 0 Å². The third-order valence-electron chi connectivity index (χ3n) is 1.33. The number of esters is 1. The van der Waals surface area contributed by atoms with Crippen molar-refractivity contribution in [2.24, 2.45) is 5.41 Å². The summed E-state index contributed by atoms with van der Waals surface area (Å²) >= 11 is 0. The molecule has 58 valence electrons. The van der Waals surface area contributed by atoms with Gasteiger partial charge in [-0.1, -0.05) is 6.92 Å². The molecule has 0 spiro atoms. The molecular weight excluding hydrogens is 128 g/mol. The van der Waals surface area contributed by atoms with Crippen molar-refractivity contribution in [1.82, 2.24) is 0 Å². The molecule has 0 aliphatic rings. The average Bonchev–Trinajstić information content (AvgIpc) is 1.85. The van der Waals surface area contributed by atoms with Gasteiger partial charge in [0.2, 0.25) is 0 Å². The van der Waals surface area contributed by atoms with Crippen LogP contribution in [-0.2, 0) is 9.53 Å². The number of hydrogen-bond donors (Lipinski definition) is 0. The molecule has 2 radical (unpaired) electrons. The molecule has 0 aliphatic heterocycles. The zero-order chi connectivity index (χ0) is 8.20. The molecule has 2 nitrogen and oxygen atoms in total. The minimum absolute atomic E-state index is 0.273. The van der Waals surface area contributed by atoms with Crippen LogP contribution in [0.25, 0.3) is 0 Å². The Balaban J connectivity index is 3.56. The normalized spacial score (nSPS) is 11.2. The minimum atomic E-state index is -0.369. The van der Waals surface area contributed by atoms with Gasteiger partial charge in [0.15, 0.2) is 0 Å². The molecule has 0 aromatic rings. The SMILES string of the molecule is [CH2]C([CH2])(CC)COC(C)=O. The predicted octanol–water partition coefficient (Wildman–Crippen LogP) is 1.61. The van der Waals surface area contributed by atoms with Gasteiger partial charge in [-0.15, -0.1) is 0 Å². The van der Waals surface area contributed by atoms with Gasteiger partial charge in [-0.05, 0) is 20.3 Å². The van der Waals surface area contributed by atoms with Gasteiger partial charge in [0.05, 0.1) is 6.61 Å². The van der Waals surface area contributed by atoms with Gasteiger partial charge in [0, 0.05) is 12.3 Å². The molecule has 10 heavy (non-hydrogen) atoms. The van der Waals surface area contributed by atoms with E-state index in [0.717, 1.165) is 6.42 Å². The van der Waals surface area contributed by atoms with E-state index >= 15 is 0 Å². The minimum Gasteiger partial charge on any atom is -0.465 e.